The van der Waals surface area contributed by atoms with E-state index in [4.69, 9.17) is 4.74 Å². The number of nitrogens with one attached hydrogen (secondary N) is 2. The van der Waals surface area contributed by atoms with Gasteiger partial charge < -0.3 is 10.1 Å². The molecule has 0 radical (unpaired) electrons. The highest BCUT2D eigenvalue weighted by molar-refractivity contribution is 7.92. The number of nitriles is 1. The van der Waals surface area contributed by atoms with Gasteiger partial charge in [-0.3, -0.25) is 9.52 Å². The van der Waals surface area contributed by atoms with E-state index in [9.17, 15) is 18.5 Å². The number of ketones is 1. The zero-order chi connectivity index (χ0) is 23.2. The molecule has 0 amide bonds. The molecule has 3 aliphatic rings. The molecule has 0 aromatic heterocycles. The van der Waals surface area contributed by atoms with Crippen LogP contribution < -0.4 is 14.8 Å². The Bertz CT molecular complexity index is 1260. The van der Waals surface area contributed by atoms with Crippen molar-refractivity contribution in [2.45, 2.75) is 37.7 Å². The molecule has 1 aliphatic carbocycles. The first-order valence-electron chi connectivity index (χ1n) is 11.4. The van der Waals surface area contributed by atoms with Gasteiger partial charge >= 0.3 is 0 Å². The number of hydrogen-bond donors (Lipinski definition) is 2. The van der Waals surface area contributed by atoms with E-state index in [1.54, 1.807) is 18.2 Å². The Morgan fingerprint density at radius 1 is 1.15 bits per heavy atom. The van der Waals surface area contributed by atoms with Gasteiger partial charge in [-0.1, -0.05) is 6.07 Å². The van der Waals surface area contributed by atoms with Crippen LogP contribution in [0.1, 0.15) is 46.3 Å². The van der Waals surface area contributed by atoms with Gasteiger partial charge in [0.2, 0.25) is 10.0 Å². The fourth-order valence-electron chi connectivity index (χ4n) is 5.82. The maximum absolute atomic E-state index is 14.0. The molecule has 1 saturated heterocycles. The van der Waals surface area contributed by atoms with Crippen molar-refractivity contribution in [1.29, 1.82) is 5.26 Å². The number of anilines is 1. The van der Waals surface area contributed by atoms with Crippen molar-refractivity contribution >= 4 is 21.5 Å². The lowest BCUT2D eigenvalue weighted by molar-refractivity contribution is -0.0417. The summed E-state index contributed by atoms with van der Waals surface area (Å²) in [5, 5.41) is 12.6. The predicted octanol–water partition coefficient (Wildman–Crippen LogP) is 3.05. The standard InChI is InChI=1S/C25H27N3O4S/c1-33(30,31)28-20-6-7-22-21(14-20)24(29)23(25(32-22)8-10-27-11-9-25)19-5-4-17-12-16(15-26)2-3-18(17)13-19/h2-3,6-7,12,14,19,23,27-28H,4-5,8-11,13H2,1H3. The van der Waals surface area contributed by atoms with Crippen molar-refractivity contribution in [3.8, 4) is 11.8 Å². The molecule has 1 spiro atoms. The van der Waals surface area contributed by atoms with E-state index >= 15 is 0 Å². The van der Waals surface area contributed by atoms with Gasteiger partial charge in [-0.15, -0.1) is 0 Å². The number of ether oxygens (including phenoxy) is 1. The Balaban J connectivity index is 1.53. The molecule has 2 unspecified atom stereocenters. The molecule has 172 valence electrons. The maximum atomic E-state index is 14.0. The topological polar surface area (TPSA) is 108 Å². The van der Waals surface area contributed by atoms with Crippen LogP contribution in [0.25, 0.3) is 0 Å². The minimum atomic E-state index is -3.45. The maximum Gasteiger partial charge on any atom is 0.229 e. The number of aryl methyl sites for hydroxylation is 1. The summed E-state index contributed by atoms with van der Waals surface area (Å²) in [6.45, 7) is 1.59. The Morgan fingerprint density at radius 3 is 2.67 bits per heavy atom. The van der Waals surface area contributed by atoms with Gasteiger partial charge in [0, 0.05) is 18.5 Å². The molecule has 2 N–H and O–H groups in total. The van der Waals surface area contributed by atoms with E-state index in [-0.39, 0.29) is 17.6 Å². The summed E-state index contributed by atoms with van der Waals surface area (Å²) >= 11 is 0. The Labute approximate surface area is 194 Å². The molecule has 5 rings (SSSR count). The number of carbonyl (C=O) groups excluding carboxylic acids is 1. The zero-order valence-corrected chi connectivity index (χ0v) is 19.4. The van der Waals surface area contributed by atoms with Crippen LogP contribution in [-0.4, -0.2) is 39.1 Å². The molecule has 2 aromatic carbocycles. The van der Waals surface area contributed by atoms with Gasteiger partial charge in [0.1, 0.15) is 11.4 Å². The second kappa shape index (κ2) is 8.15. The summed E-state index contributed by atoms with van der Waals surface area (Å²) in [6, 6.07) is 13.0. The lowest BCUT2D eigenvalue weighted by Crippen LogP contribution is -2.58. The third-order valence-corrected chi connectivity index (χ3v) is 7.84. The third kappa shape index (κ3) is 4.11. The van der Waals surface area contributed by atoms with Crippen molar-refractivity contribution in [3.05, 3.63) is 58.7 Å². The number of hydrogen-bond acceptors (Lipinski definition) is 6. The quantitative estimate of drug-likeness (QED) is 0.721. The summed E-state index contributed by atoms with van der Waals surface area (Å²) in [5.41, 5.74) is 3.30. The largest absolute Gasteiger partial charge is 0.486 e. The minimum Gasteiger partial charge on any atom is -0.486 e. The van der Waals surface area contributed by atoms with Crippen LogP contribution >= 0.6 is 0 Å². The smallest absolute Gasteiger partial charge is 0.229 e. The van der Waals surface area contributed by atoms with Crippen LogP contribution in [0, 0.1) is 23.2 Å². The molecule has 8 heteroatoms. The first-order valence-corrected chi connectivity index (χ1v) is 13.2. The minimum absolute atomic E-state index is 0.0393. The highest BCUT2D eigenvalue weighted by Crippen LogP contribution is 2.48. The molecule has 33 heavy (non-hydrogen) atoms. The first kappa shape index (κ1) is 21.9. The number of Topliss-reactive ketones (excluding diaryl/α,β-unsaturated/α-hetero) is 1. The van der Waals surface area contributed by atoms with Crippen LogP contribution in [0.5, 0.6) is 5.75 Å². The van der Waals surface area contributed by atoms with E-state index in [2.05, 4.69) is 16.1 Å². The highest BCUT2D eigenvalue weighted by atomic mass is 32.2. The number of carbonyl (C=O) groups is 1. The molecule has 7 nitrogen and oxygen atoms in total. The molecular formula is C25H27N3O4S. The SMILES string of the molecule is CS(=O)(=O)Nc1ccc2c(c1)C(=O)C(C1CCc3cc(C#N)ccc3C1)C1(CCNCC1)O2. The number of sulfonamides is 1. The molecule has 2 aliphatic heterocycles. The van der Waals surface area contributed by atoms with Gasteiger partial charge in [-0.2, -0.15) is 5.26 Å². The third-order valence-electron chi connectivity index (χ3n) is 7.23. The fraction of sp³-hybridized carbons (Fsp3) is 0.440. The summed E-state index contributed by atoms with van der Waals surface area (Å²) in [4.78, 5) is 14.0. The molecule has 0 bridgehead atoms. The van der Waals surface area contributed by atoms with Crippen LogP contribution in [0.3, 0.4) is 0 Å². The highest BCUT2D eigenvalue weighted by Gasteiger charge is 2.53. The van der Waals surface area contributed by atoms with Gasteiger partial charge in [-0.05, 0) is 79.7 Å². The average molecular weight is 466 g/mol. The van der Waals surface area contributed by atoms with Crippen LogP contribution in [0.2, 0.25) is 0 Å². The summed E-state index contributed by atoms with van der Waals surface area (Å²) in [5.74, 6) is 0.393. The van der Waals surface area contributed by atoms with Gasteiger partial charge in [0.05, 0.1) is 29.4 Å². The van der Waals surface area contributed by atoms with Gasteiger partial charge in [-0.25, -0.2) is 8.42 Å². The van der Waals surface area contributed by atoms with Crippen molar-refractivity contribution < 1.29 is 17.9 Å². The van der Waals surface area contributed by atoms with E-state index in [0.717, 1.165) is 51.4 Å². The van der Waals surface area contributed by atoms with Gasteiger partial charge in [0.15, 0.2) is 5.78 Å². The predicted molar refractivity (Wildman–Crippen MR) is 125 cm³/mol. The normalized spacial score (nSPS) is 23.7. The van der Waals surface area contributed by atoms with Crippen molar-refractivity contribution in [3.63, 3.8) is 0 Å². The van der Waals surface area contributed by atoms with Crippen molar-refractivity contribution in [2.24, 2.45) is 11.8 Å². The molecule has 2 atom stereocenters. The number of nitrogens with zero attached hydrogens (tertiary/aromatic N) is 1. The summed E-state index contributed by atoms with van der Waals surface area (Å²) in [7, 11) is -3.45. The number of fused-ring (bicyclic) bond motifs is 2. The fourth-order valence-corrected chi connectivity index (χ4v) is 6.38. The number of benzene rings is 2. The summed E-state index contributed by atoms with van der Waals surface area (Å²) in [6.07, 6.45) is 5.05. The second-order valence-corrected chi connectivity index (χ2v) is 11.2. The lowest BCUT2D eigenvalue weighted by atomic mass is 9.64. The van der Waals surface area contributed by atoms with E-state index in [1.165, 1.54) is 11.1 Å². The molecule has 2 aromatic rings. The van der Waals surface area contributed by atoms with E-state index < -0.39 is 15.6 Å². The van der Waals surface area contributed by atoms with Crippen molar-refractivity contribution in [1.82, 2.24) is 5.32 Å². The van der Waals surface area contributed by atoms with E-state index in [1.807, 2.05) is 18.2 Å². The molecule has 0 saturated carbocycles. The van der Waals surface area contributed by atoms with Crippen LogP contribution in [-0.2, 0) is 22.9 Å². The monoisotopic (exact) mass is 465 g/mol. The van der Waals surface area contributed by atoms with Crippen molar-refractivity contribution in [2.75, 3.05) is 24.1 Å². The van der Waals surface area contributed by atoms with Crippen LogP contribution in [0.15, 0.2) is 36.4 Å². The Kier molecular flexibility index (Phi) is 5.42. The Morgan fingerprint density at radius 2 is 1.94 bits per heavy atom. The van der Waals surface area contributed by atoms with Gasteiger partial charge in [0.25, 0.3) is 0 Å². The first-order chi connectivity index (χ1) is 15.8. The average Bonchev–Trinajstić information content (AvgIpc) is 2.79. The zero-order valence-electron chi connectivity index (χ0n) is 18.6. The summed E-state index contributed by atoms with van der Waals surface area (Å²) < 4.78 is 32.5. The Hall–Kier alpha value is -2.89. The lowest BCUT2D eigenvalue weighted by Gasteiger charge is -2.49. The van der Waals surface area contributed by atoms with E-state index in [0.29, 0.717) is 22.6 Å². The number of rotatable bonds is 3. The molecular weight excluding hydrogens is 438 g/mol. The number of piperidine rings is 1. The molecule has 1 fully saturated rings. The van der Waals surface area contributed by atoms with Crippen LogP contribution in [0.4, 0.5) is 5.69 Å². The second-order valence-electron chi connectivity index (χ2n) is 9.44. The molecule has 2 heterocycles.